The minimum atomic E-state index is -0.474. The van der Waals surface area contributed by atoms with Gasteiger partial charge >= 0.3 is 5.97 Å². The summed E-state index contributed by atoms with van der Waals surface area (Å²) in [6.45, 7) is 7.89. The van der Waals surface area contributed by atoms with Gasteiger partial charge in [0.15, 0.2) is 17.3 Å². The number of fused-ring (bicyclic) bond motifs is 1. The van der Waals surface area contributed by atoms with E-state index in [1.54, 1.807) is 55.7 Å². The average Bonchev–Trinajstić information content (AvgIpc) is 3.57. The highest BCUT2D eigenvalue weighted by atomic mass is 16.7. The van der Waals surface area contributed by atoms with Gasteiger partial charge < -0.3 is 28.1 Å². The predicted molar refractivity (Wildman–Crippen MR) is 126 cm³/mol. The normalized spacial score (nSPS) is 12.0. The molecule has 0 bridgehead atoms. The van der Waals surface area contributed by atoms with E-state index in [9.17, 15) is 14.4 Å². The van der Waals surface area contributed by atoms with Crippen LogP contribution in [0.3, 0.4) is 0 Å². The summed E-state index contributed by atoms with van der Waals surface area (Å²) in [4.78, 5) is 41.1. The first-order valence-electron chi connectivity index (χ1n) is 11.5. The topological polar surface area (TPSA) is 100 Å². The average molecular weight is 481 g/mol. The molecule has 0 unspecified atom stereocenters. The molecule has 0 saturated carbocycles. The highest BCUT2D eigenvalue weighted by Crippen LogP contribution is 2.33. The van der Waals surface area contributed by atoms with Crippen LogP contribution < -0.4 is 9.47 Å². The predicted octanol–water partition coefficient (Wildman–Crippen LogP) is 4.15. The molecule has 1 aliphatic rings. The third-order valence-corrected chi connectivity index (χ3v) is 6.00. The van der Waals surface area contributed by atoms with Crippen molar-refractivity contribution in [2.24, 2.45) is 0 Å². The molecule has 1 aromatic carbocycles. The quantitative estimate of drug-likeness (QED) is 0.335. The van der Waals surface area contributed by atoms with Gasteiger partial charge in [-0.2, -0.15) is 0 Å². The van der Waals surface area contributed by atoms with Gasteiger partial charge in [0.2, 0.25) is 6.79 Å². The van der Waals surface area contributed by atoms with Gasteiger partial charge in [0.25, 0.3) is 5.91 Å². The number of ether oxygens (including phenoxy) is 3. The van der Waals surface area contributed by atoms with Crippen LogP contribution in [0, 0.1) is 13.8 Å². The van der Waals surface area contributed by atoms with Crippen LogP contribution in [0.15, 0.2) is 41.0 Å². The molecule has 0 fully saturated rings. The van der Waals surface area contributed by atoms with Crippen LogP contribution in [0.2, 0.25) is 0 Å². The number of Topliss-reactive ketones (excluding diaryl/α,β-unsaturated/α-hetero) is 1. The van der Waals surface area contributed by atoms with Gasteiger partial charge in [0.05, 0.1) is 26.0 Å². The Labute approximate surface area is 203 Å². The minimum Gasteiger partial charge on any atom is -0.467 e. The fourth-order valence-electron chi connectivity index (χ4n) is 4.42. The van der Waals surface area contributed by atoms with Crippen molar-refractivity contribution in [3.8, 4) is 11.5 Å². The highest BCUT2D eigenvalue weighted by molar-refractivity contribution is 6.06. The fourth-order valence-corrected chi connectivity index (χ4v) is 4.42. The van der Waals surface area contributed by atoms with Crippen molar-refractivity contribution >= 4 is 17.7 Å². The van der Waals surface area contributed by atoms with Crippen LogP contribution >= 0.6 is 0 Å². The molecular formula is C26H28N2O7. The number of carbonyl (C=O) groups is 3. The van der Waals surface area contributed by atoms with Gasteiger partial charge in [0, 0.05) is 23.4 Å². The van der Waals surface area contributed by atoms with Gasteiger partial charge in [0.1, 0.15) is 11.5 Å². The van der Waals surface area contributed by atoms with Crippen molar-refractivity contribution in [2.45, 2.75) is 40.8 Å². The number of esters is 1. The lowest BCUT2D eigenvalue weighted by Crippen LogP contribution is -2.35. The Morgan fingerprint density at radius 1 is 1.09 bits per heavy atom. The van der Waals surface area contributed by atoms with Crippen LogP contribution in [0.4, 0.5) is 0 Å². The molecule has 0 atom stereocenters. The maximum absolute atomic E-state index is 13.6. The number of hydrogen-bond acceptors (Lipinski definition) is 7. The molecule has 0 saturated heterocycles. The first-order valence-corrected chi connectivity index (χ1v) is 11.5. The van der Waals surface area contributed by atoms with Gasteiger partial charge in [-0.15, -0.1) is 0 Å². The molecule has 1 amide bonds. The molecule has 3 heterocycles. The van der Waals surface area contributed by atoms with E-state index in [1.165, 1.54) is 11.2 Å². The lowest BCUT2D eigenvalue weighted by molar-refractivity contribution is 0.0512. The highest BCUT2D eigenvalue weighted by Gasteiger charge is 2.29. The van der Waals surface area contributed by atoms with Crippen molar-refractivity contribution < 1.29 is 33.0 Å². The second kappa shape index (κ2) is 10.1. The molecule has 0 N–H and O–H groups in total. The third-order valence-electron chi connectivity index (χ3n) is 6.00. The van der Waals surface area contributed by atoms with Crippen LogP contribution in [0.5, 0.6) is 11.5 Å². The Bertz CT molecular complexity index is 1260. The van der Waals surface area contributed by atoms with E-state index in [4.69, 9.17) is 18.6 Å². The molecule has 0 spiro atoms. The third kappa shape index (κ3) is 4.66. The smallest absolute Gasteiger partial charge is 0.355 e. The largest absolute Gasteiger partial charge is 0.467 e. The van der Waals surface area contributed by atoms with E-state index in [1.807, 2.05) is 6.92 Å². The van der Waals surface area contributed by atoms with Crippen LogP contribution in [0.1, 0.15) is 62.1 Å². The first-order chi connectivity index (χ1) is 16.8. The van der Waals surface area contributed by atoms with Crippen molar-refractivity contribution in [3.05, 3.63) is 70.4 Å². The number of benzene rings is 1. The molecule has 1 aliphatic heterocycles. The number of ketones is 1. The van der Waals surface area contributed by atoms with Crippen LogP contribution in [0.25, 0.3) is 0 Å². The Morgan fingerprint density at radius 2 is 1.86 bits per heavy atom. The SMILES string of the molecule is CCOC(=O)c1c(C)c(C(=O)CN(Cc2ccco2)C(=O)c2ccc3c(c2)OCO3)c(C)n1CC. The Kier molecular flexibility index (Phi) is 6.95. The maximum atomic E-state index is 13.6. The number of hydrogen-bond donors (Lipinski definition) is 0. The van der Waals surface area contributed by atoms with E-state index in [0.29, 0.717) is 51.9 Å². The summed E-state index contributed by atoms with van der Waals surface area (Å²) >= 11 is 0. The zero-order valence-corrected chi connectivity index (χ0v) is 20.3. The van der Waals surface area contributed by atoms with Gasteiger partial charge in [-0.05, 0) is 63.6 Å². The number of nitrogens with zero attached hydrogens (tertiary/aromatic N) is 2. The number of furan rings is 1. The van der Waals surface area contributed by atoms with E-state index in [0.717, 1.165) is 0 Å². The second-order valence-electron chi connectivity index (χ2n) is 8.13. The van der Waals surface area contributed by atoms with Crippen molar-refractivity contribution in [2.75, 3.05) is 19.9 Å². The number of rotatable bonds is 9. The molecule has 9 nitrogen and oxygen atoms in total. The van der Waals surface area contributed by atoms with Crippen molar-refractivity contribution in [1.29, 1.82) is 0 Å². The Morgan fingerprint density at radius 3 is 2.54 bits per heavy atom. The van der Waals surface area contributed by atoms with Crippen LogP contribution in [-0.4, -0.2) is 47.1 Å². The standard InChI is InChI=1S/C26H28N2O7/c1-5-28-17(4)23(16(3)24(28)26(31)32-6-2)20(29)14-27(13-19-8-7-11-33-19)25(30)18-9-10-21-22(12-18)35-15-34-21/h7-12H,5-6,13-15H2,1-4H3. The van der Waals surface area contributed by atoms with E-state index >= 15 is 0 Å². The summed E-state index contributed by atoms with van der Waals surface area (Å²) < 4.78 is 23.2. The van der Waals surface area contributed by atoms with Crippen LogP contribution in [-0.2, 0) is 17.8 Å². The van der Waals surface area contributed by atoms with E-state index < -0.39 is 5.97 Å². The van der Waals surface area contributed by atoms with E-state index in [2.05, 4.69) is 0 Å². The van der Waals surface area contributed by atoms with Gasteiger partial charge in [-0.3, -0.25) is 9.59 Å². The lowest BCUT2D eigenvalue weighted by atomic mass is 10.0. The molecule has 184 valence electrons. The second-order valence-corrected chi connectivity index (χ2v) is 8.13. The zero-order chi connectivity index (χ0) is 25.1. The monoisotopic (exact) mass is 480 g/mol. The van der Waals surface area contributed by atoms with E-state index in [-0.39, 0.29) is 38.2 Å². The summed E-state index contributed by atoms with van der Waals surface area (Å²) in [5.74, 6) is 0.471. The summed E-state index contributed by atoms with van der Waals surface area (Å²) in [6, 6.07) is 8.38. The molecule has 2 aromatic heterocycles. The molecule has 0 radical (unpaired) electrons. The Hall–Kier alpha value is -4.01. The first kappa shape index (κ1) is 24.1. The summed E-state index contributed by atoms with van der Waals surface area (Å²) in [6.07, 6.45) is 1.52. The van der Waals surface area contributed by atoms with Gasteiger partial charge in [-0.1, -0.05) is 0 Å². The molecular weight excluding hydrogens is 452 g/mol. The molecule has 3 aromatic rings. The minimum absolute atomic E-state index is 0.0946. The molecule has 35 heavy (non-hydrogen) atoms. The zero-order valence-electron chi connectivity index (χ0n) is 20.3. The molecule has 0 aliphatic carbocycles. The fraction of sp³-hybridized carbons (Fsp3) is 0.346. The Balaban J connectivity index is 1.66. The van der Waals surface area contributed by atoms with Crippen molar-refractivity contribution in [3.63, 3.8) is 0 Å². The molecule has 4 rings (SSSR count). The summed E-state index contributed by atoms with van der Waals surface area (Å²) in [5.41, 5.74) is 2.33. The molecule has 9 heteroatoms. The lowest BCUT2D eigenvalue weighted by Gasteiger charge is -2.21. The number of carbonyl (C=O) groups excluding carboxylic acids is 3. The maximum Gasteiger partial charge on any atom is 0.355 e. The number of aromatic nitrogens is 1. The number of amides is 1. The summed E-state index contributed by atoms with van der Waals surface area (Å²) in [7, 11) is 0. The van der Waals surface area contributed by atoms with Crippen molar-refractivity contribution in [1.82, 2.24) is 9.47 Å². The van der Waals surface area contributed by atoms with Gasteiger partial charge in [-0.25, -0.2) is 4.79 Å². The summed E-state index contributed by atoms with van der Waals surface area (Å²) in [5, 5.41) is 0.